The number of nitrogens with one attached hydrogen (secondary N) is 1. The normalized spacial score (nSPS) is 14.0. The van der Waals surface area contributed by atoms with Gasteiger partial charge in [0.25, 0.3) is 5.91 Å². The van der Waals surface area contributed by atoms with E-state index in [4.69, 9.17) is 10.2 Å². The fourth-order valence-electron chi connectivity index (χ4n) is 3.24. The SMILES string of the molecule is NC1CN(c2cc(C(=O)Nc3cc4cc(-c5cnco5)ccc4nn3)ccn2)C1. The van der Waals surface area contributed by atoms with Gasteiger partial charge in [0.1, 0.15) is 5.82 Å². The Bertz CT molecular complexity index is 1190. The minimum Gasteiger partial charge on any atom is -0.444 e. The van der Waals surface area contributed by atoms with E-state index in [0.29, 0.717) is 22.7 Å². The van der Waals surface area contributed by atoms with Gasteiger partial charge >= 0.3 is 0 Å². The Labute approximate surface area is 165 Å². The Balaban J connectivity index is 1.38. The number of hydrogen-bond acceptors (Lipinski definition) is 8. The number of nitrogens with zero attached hydrogens (tertiary/aromatic N) is 5. The number of nitrogens with two attached hydrogens (primary N) is 1. The van der Waals surface area contributed by atoms with E-state index in [9.17, 15) is 4.79 Å². The van der Waals surface area contributed by atoms with E-state index in [0.717, 1.165) is 29.9 Å². The van der Waals surface area contributed by atoms with Crippen molar-refractivity contribution in [3.8, 4) is 11.3 Å². The predicted octanol–water partition coefficient (Wildman–Crippen LogP) is 2.08. The molecule has 1 aliphatic heterocycles. The molecule has 0 radical (unpaired) electrons. The molecule has 0 atom stereocenters. The molecule has 5 rings (SSSR count). The van der Waals surface area contributed by atoms with E-state index in [2.05, 4.69) is 25.5 Å². The summed E-state index contributed by atoms with van der Waals surface area (Å²) in [7, 11) is 0. The summed E-state index contributed by atoms with van der Waals surface area (Å²) in [6.07, 6.45) is 4.64. The number of hydrogen-bond donors (Lipinski definition) is 2. The van der Waals surface area contributed by atoms with Crippen LogP contribution in [0.3, 0.4) is 0 Å². The molecular formula is C20H17N7O2. The summed E-state index contributed by atoms with van der Waals surface area (Å²) in [5, 5.41) is 11.9. The zero-order chi connectivity index (χ0) is 19.8. The van der Waals surface area contributed by atoms with Gasteiger partial charge in [-0.15, -0.1) is 10.2 Å². The predicted molar refractivity (Wildman–Crippen MR) is 107 cm³/mol. The quantitative estimate of drug-likeness (QED) is 0.546. The molecule has 29 heavy (non-hydrogen) atoms. The minimum atomic E-state index is -0.279. The maximum absolute atomic E-state index is 12.7. The standard InChI is InChI=1S/C20H17N7O2/c21-15-9-27(10-15)19-7-13(3-4-23-19)20(28)24-18-6-14-5-12(17-8-22-11-29-17)1-2-16(14)25-26-18/h1-8,11,15H,9-10,21H2,(H,24,26,28). The maximum Gasteiger partial charge on any atom is 0.257 e. The molecule has 0 spiro atoms. The van der Waals surface area contributed by atoms with Crippen LogP contribution in [0.25, 0.3) is 22.2 Å². The number of rotatable bonds is 4. The van der Waals surface area contributed by atoms with Crippen molar-refractivity contribution >= 4 is 28.4 Å². The number of pyridine rings is 1. The molecule has 4 heterocycles. The van der Waals surface area contributed by atoms with Crippen molar-refractivity contribution in [1.82, 2.24) is 20.2 Å². The topological polar surface area (TPSA) is 123 Å². The lowest BCUT2D eigenvalue weighted by Crippen LogP contribution is -2.56. The van der Waals surface area contributed by atoms with Crippen LogP contribution in [-0.2, 0) is 0 Å². The van der Waals surface area contributed by atoms with Crippen molar-refractivity contribution < 1.29 is 9.21 Å². The van der Waals surface area contributed by atoms with Crippen molar-refractivity contribution in [3.05, 3.63) is 60.7 Å². The Hall–Kier alpha value is -3.85. The van der Waals surface area contributed by atoms with Crippen LogP contribution < -0.4 is 16.0 Å². The Morgan fingerprint density at radius 3 is 2.86 bits per heavy atom. The molecule has 1 aromatic carbocycles. The molecule has 0 saturated carbocycles. The molecule has 0 bridgehead atoms. The fourth-order valence-corrected chi connectivity index (χ4v) is 3.24. The van der Waals surface area contributed by atoms with E-state index < -0.39 is 0 Å². The van der Waals surface area contributed by atoms with Crippen LogP contribution in [0.1, 0.15) is 10.4 Å². The van der Waals surface area contributed by atoms with E-state index in [1.807, 2.05) is 23.1 Å². The molecule has 1 fully saturated rings. The number of fused-ring (bicyclic) bond motifs is 1. The summed E-state index contributed by atoms with van der Waals surface area (Å²) in [6.45, 7) is 1.48. The summed E-state index contributed by atoms with van der Waals surface area (Å²) in [6, 6.07) is 11.0. The monoisotopic (exact) mass is 387 g/mol. The smallest absolute Gasteiger partial charge is 0.257 e. The largest absolute Gasteiger partial charge is 0.444 e. The van der Waals surface area contributed by atoms with Crippen molar-refractivity contribution in [2.24, 2.45) is 5.73 Å². The maximum atomic E-state index is 12.7. The highest BCUT2D eigenvalue weighted by atomic mass is 16.3. The molecule has 3 N–H and O–H groups in total. The van der Waals surface area contributed by atoms with Crippen molar-refractivity contribution in [2.75, 3.05) is 23.3 Å². The van der Waals surface area contributed by atoms with Gasteiger partial charge in [-0.2, -0.15) is 0 Å². The first kappa shape index (κ1) is 17.3. The first-order valence-corrected chi connectivity index (χ1v) is 9.10. The molecule has 1 aliphatic rings. The van der Waals surface area contributed by atoms with Crippen LogP contribution >= 0.6 is 0 Å². The third kappa shape index (κ3) is 3.39. The summed E-state index contributed by atoms with van der Waals surface area (Å²) in [4.78, 5) is 23.0. The van der Waals surface area contributed by atoms with Gasteiger partial charge in [0.05, 0.1) is 11.7 Å². The van der Waals surface area contributed by atoms with E-state index >= 15 is 0 Å². The number of aromatic nitrogens is 4. The molecule has 9 nitrogen and oxygen atoms in total. The number of carbonyl (C=O) groups excluding carboxylic acids is 1. The van der Waals surface area contributed by atoms with Crippen LogP contribution in [0.15, 0.2) is 59.6 Å². The third-order valence-electron chi connectivity index (χ3n) is 4.79. The lowest BCUT2D eigenvalue weighted by molar-refractivity contribution is 0.102. The van der Waals surface area contributed by atoms with Gasteiger partial charge in [-0.05, 0) is 36.4 Å². The molecule has 144 valence electrons. The van der Waals surface area contributed by atoms with Crippen LogP contribution in [0.2, 0.25) is 0 Å². The zero-order valence-corrected chi connectivity index (χ0v) is 15.3. The molecule has 4 aromatic rings. The van der Waals surface area contributed by atoms with Crippen LogP contribution in [0, 0.1) is 0 Å². The first-order valence-electron chi connectivity index (χ1n) is 9.10. The van der Waals surface area contributed by atoms with Crippen molar-refractivity contribution in [1.29, 1.82) is 0 Å². The lowest BCUT2D eigenvalue weighted by Gasteiger charge is -2.37. The Morgan fingerprint density at radius 1 is 1.17 bits per heavy atom. The highest BCUT2D eigenvalue weighted by Gasteiger charge is 2.24. The summed E-state index contributed by atoms with van der Waals surface area (Å²) in [5.41, 5.74) is 7.90. The van der Waals surface area contributed by atoms with Gasteiger partial charge in [0, 0.05) is 41.8 Å². The number of amides is 1. The van der Waals surface area contributed by atoms with Crippen molar-refractivity contribution in [3.63, 3.8) is 0 Å². The van der Waals surface area contributed by atoms with Gasteiger partial charge in [0.2, 0.25) is 0 Å². The molecular weight excluding hydrogens is 370 g/mol. The second-order valence-corrected chi connectivity index (χ2v) is 6.89. The number of anilines is 2. The molecule has 0 unspecified atom stereocenters. The summed E-state index contributed by atoms with van der Waals surface area (Å²) >= 11 is 0. The summed E-state index contributed by atoms with van der Waals surface area (Å²) in [5.74, 6) is 1.48. The molecule has 3 aromatic heterocycles. The van der Waals surface area contributed by atoms with Gasteiger partial charge in [0.15, 0.2) is 18.0 Å². The number of carbonyl (C=O) groups is 1. The van der Waals surface area contributed by atoms with Gasteiger partial charge in [-0.3, -0.25) is 4.79 Å². The van der Waals surface area contributed by atoms with E-state index in [-0.39, 0.29) is 11.9 Å². The van der Waals surface area contributed by atoms with Gasteiger partial charge < -0.3 is 20.4 Å². The number of oxazole rings is 1. The fraction of sp³-hybridized carbons (Fsp3) is 0.150. The highest BCUT2D eigenvalue weighted by molar-refractivity contribution is 6.04. The second kappa shape index (κ2) is 6.95. The average Bonchev–Trinajstić information content (AvgIpc) is 3.26. The van der Waals surface area contributed by atoms with E-state index in [1.165, 1.54) is 6.39 Å². The molecule has 1 saturated heterocycles. The first-order chi connectivity index (χ1) is 14.2. The zero-order valence-electron chi connectivity index (χ0n) is 15.3. The lowest BCUT2D eigenvalue weighted by atomic mass is 10.1. The van der Waals surface area contributed by atoms with Crippen molar-refractivity contribution in [2.45, 2.75) is 6.04 Å². The van der Waals surface area contributed by atoms with Crippen LogP contribution in [-0.4, -0.2) is 45.2 Å². The molecule has 9 heteroatoms. The average molecular weight is 387 g/mol. The van der Waals surface area contributed by atoms with Gasteiger partial charge in [-0.1, -0.05) is 0 Å². The number of benzene rings is 1. The Kier molecular flexibility index (Phi) is 4.14. The van der Waals surface area contributed by atoms with Gasteiger partial charge in [-0.25, -0.2) is 9.97 Å². The molecule has 0 aliphatic carbocycles. The summed E-state index contributed by atoms with van der Waals surface area (Å²) < 4.78 is 5.34. The minimum absolute atomic E-state index is 0.156. The highest BCUT2D eigenvalue weighted by Crippen LogP contribution is 2.24. The van der Waals surface area contributed by atoms with Crippen LogP contribution in [0.5, 0.6) is 0 Å². The van der Waals surface area contributed by atoms with Crippen LogP contribution in [0.4, 0.5) is 11.6 Å². The third-order valence-corrected chi connectivity index (χ3v) is 4.79. The second-order valence-electron chi connectivity index (χ2n) is 6.89. The Morgan fingerprint density at radius 2 is 2.07 bits per heavy atom. The molecule has 1 amide bonds. The van der Waals surface area contributed by atoms with E-state index in [1.54, 1.807) is 30.6 Å².